The summed E-state index contributed by atoms with van der Waals surface area (Å²) in [6.07, 6.45) is 0.222. The Morgan fingerprint density at radius 3 is 2.61 bits per heavy atom. The monoisotopic (exact) mass is 418 g/mol. The molecule has 3 aromatic carbocycles. The summed E-state index contributed by atoms with van der Waals surface area (Å²) in [5.41, 5.74) is 3.74. The van der Waals surface area contributed by atoms with Gasteiger partial charge in [-0.05, 0) is 66.1 Å². The highest BCUT2D eigenvalue weighted by atomic mass is 19.1. The molecule has 1 unspecified atom stereocenters. The second-order valence-corrected chi connectivity index (χ2v) is 7.60. The molecule has 0 saturated heterocycles. The van der Waals surface area contributed by atoms with Gasteiger partial charge in [0.2, 0.25) is 5.91 Å². The summed E-state index contributed by atoms with van der Waals surface area (Å²) in [7, 11) is 1.61. The predicted octanol–water partition coefficient (Wildman–Crippen LogP) is 4.41. The van der Waals surface area contributed by atoms with Crippen molar-refractivity contribution in [3.63, 3.8) is 0 Å². The van der Waals surface area contributed by atoms with Crippen molar-refractivity contribution in [1.29, 1.82) is 0 Å². The van der Waals surface area contributed by atoms with Crippen LogP contribution in [0.25, 0.3) is 0 Å². The van der Waals surface area contributed by atoms with Gasteiger partial charge in [0.15, 0.2) is 0 Å². The Hall–Kier alpha value is -3.67. The Bertz CT molecular complexity index is 1130. The van der Waals surface area contributed by atoms with Crippen molar-refractivity contribution in [2.75, 3.05) is 12.0 Å². The molecule has 1 aliphatic heterocycles. The van der Waals surface area contributed by atoms with Crippen LogP contribution < -0.4 is 15.0 Å². The third-order valence-electron chi connectivity index (χ3n) is 5.47. The zero-order valence-corrected chi connectivity index (χ0v) is 17.4. The van der Waals surface area contributed by atoms with Crippen molar-refractivity contribution in [2.45, 2.75) is 25.9 Å². The lowest BCUT2D eigenvalue weighted by Crippen LogP contribution is -2.27. The van der Waals surface area contributed by atoms with Crippen molar-refractivity contribution < 1.29 is 18.7 Å². The number of rotatable bonds is 6. The van der Waals surface area contributed by atoms with Crippen molar-refractivity contribution in [2.24, 2.45) is 0 Å². The van der Waals surface area contributed by atoms with E-state index in [-0.39, 0.29) is 30.1 Å². The number of nitrogens with zero attached hydrogens (tertiary/aromatic N) is 1. The van der Waals surface area contributed by atoms with E-state index in [4.69, 9.17) is 4.74 Å². The second-order valence-electron chi connectivity index (χ2n) is 7.60. The molecule has 0 fully saturated rings. The molecule has 0 aromatic heterocycles. The fourth-order valence-corrected chi connectivity index (χ4v) is 3.77. The molecule has 0 radical (unpaired) electrons. The number of hydrogen-bond acceptors (Lipinski definition) is 3. The van der Waals surface area contributed by atoms with Gasteiger partial charge in [0.25, 0.3) is 5.91 Å². The zero-order valence-electron chi connectivity index (χ0n) is 17.4. The lowest BCUT2D eigenvalue weighted by Gasteiger charge is -2.18. The van der Waals surface area contributed by atoms with Crippen LogP contribution in [-0.2, 0) is 17.8 Å². The fraction of sp³-hybridized carbons (Fsp3) is 0.200. The number of anilines is 1. The van der Waals surface area contributed by atoms with E-state index in [0.29, 0.717) is 12.1 Å². The van der Waals surface area contributed by atoms with Gasteiger partial charge in [-0.2, -0.15) is 0 Å². The van der Waals surface area contributed by atoms with E-state index in [0.717, 1.165) is 28.1 Å². The summed E-state index contributed by atoms with van der Waals surface area (Å²) >= 11 is 0. The van der Waals surface area contributed by atoms with Gasteiger partial charge in [-0.25, -0.2) is 4.39 Å². The smallest absolute Gasteiger partial charge is 0.251 e. The van der Waals surface area contributed by atoms with Crippen LogP contribution in [0.4, 0.5) is 10.1 Å². The van der Waals surface area contributed by atoms with Crippen molar-refractivity contribution in [3.05, 3.63) is 94.8 Å². The topological polar surface area (TPSA) is 58.6 Å². The SMILES string of the molecule is COc1ccc(C(C)NC(=O)c2ccc3c(c2)CC(=O)N3Cc2cccc(F)c2)cc1. The lowest BCUT2D eigenvalue weighted by molar-refractivity contribution is -0.117. The number of carbonyl (C=O) groups excluding carboxylic acids is 2. The number of carbonyl (C=O) groups is 2. The Morgan fingerprint density at radius 1 is 1.13 bits per heavy atom. The van der Waals surface area contributed by atoms with E-state index in [1.807, 2.05) is 31.2 Å². The number of benzene rings is 3. The highest BCUT2D eigenvalue weighted by Gasteiger charge is 2.28. The van der Waals surface area contributed by atoms with Crippen LogP contribution in [0.15, 0.2) is 66.7 Å². The minimum Gasteiger partial charge on any atom is -0.497 e. The quantitative estimate of drug-likeness (QED) is 0.645. The second kappa shape index (κ2) is 8.60. The minimum absolute atomic E-state index is 0.0663. The highest BCUT2D eigenvalue weighted by Crippen LogP contribution is 2.31. The molecule has 158 valence electrons. The van der Waals surface area contributed by atoms with E-state index < -0.39 is 0 Å². The van der Waals surface area contributed by atoms with Crippen LogP contribution in [0.5, 0.6) is 5.75 Å². The van der Waals surface area contributed by atoms with E-state index in [1.165, 1.54) is 12.1 Å². The zero-order chi connectivity index (χ0) is 22.0. The summed E-state index contributed by atoms with van der Waals surface area (Å²) < 4.78 is 18.7. The standard InChI is InChI=1S/C25H23FN2O3/c1-16(18-6-9-22(31-2)10-7-18)27-25(30)19-8-11-23-20(13-19)14-24(29)28(23)15-17-4-3-5-21(26)12-17/h3-13,16H,14-15H2,1-2H3,(H,27,30). The number of ether oxygens (including phenoxy) is 1. The van der Waals surface area contributed by atoms with Gasteiger partial charge in [-0.1, -0.05) is 24.3 Å². The minimum atomic E-state index is -0.331. The van der Waals surface area contributed by atoms with E-state index >= 15 is 0 Å². The molecule has 1 aliphatic rings. The van der Waals surface area contributed by atoms with E-state index in [1.54, 1.807) is 42.3 Å². The third-order valence-corrected chi connectivity index (χ3v) is 5.47. The van der Waals surface area contributed by atoms with Gasteiger partial charge >= 0.3 is 0 Å². The van der Waals surface area contributed by atoms with Gasteiger partial charge in [-0.3, -0.25) is 9.59 Å². The number of methoxy groups -OCH3 is 1. The van der Waals surface area contributed by atoms with Crippen molar-refractivity contribution in [3.8, 4) is 5.75 Å². The number of fused-ring (bicyclic) bond motifs is 1. The van der Waals surface area contributed by atoms with Gasteiger partial charge < -0.3 is 15.0 Å². The molecule has 31 heavy (non-hydrogen) atoms. The molecule has 0 saturated carbocycles. The summed E-state index contributed by atoms with van der Waals surface area (Å²) in [4.78, 5) is 26.9. The maximum Gasteiger partial charge on any atom is 0.251 e. The van der Waals surface area contributed by atoms with Crippen LogP contribution in [-0.4, -0.2) is 18.9 Å². The number of hydrogen-bond donors (Lipinski definition) is 1. The first kappa shape index (κ1) is 20.6. The fourth-order valence-electron chi connectivity index (χ4n) is 3.77. The summed E-state index contributed by atoms with van der Waals surface area (Å²) in [5.74, 6) is 0.154. The average Bonchev–Trinajstić information content (AvgIpc) is 3.08. The predicted molar refractivity (Wildman–Crippen MR) is 117 cm³/mol. The van der Waals surface area contributed by atoms with Gasteiger partial charge in [0.05, 0.1) is 26.1 Å². The molecule has 0 bridgehead atoms. The largest absolute Gasteiger partial charge is 0.497 e. The summed E-state index contributed by atoms with van der Waals surface area (Å²) in [6, 6.07) is 18.8. The molecule has 1 heterocycles. The Balaban J connectivity index is 1.48. The average molecular weight is 418 g/mol. The lowest BCUT2D eigenvalue weighted by atomic mass is 10.1. The van der Waals surface area contributed by atoms with Gasteiger partial charge in [-0.15, -0.1) is 0 Å². The van der Waals surface area contributed by atoms with Crippen molar-refractivity contribution >= 4 is 17.5 Å². The van der Waals surface area contributed by atoms with Crippen molar-refractivity contribution in [1.82, 2.24) is 5.32 Å². The van der Waals surface area contributed by atoms with Crippen LogP contribution in [0.3, 0.4) is 0 Å². The molecule has 2 amide bonds. The maximum absolute atomic E-state index is 13.5. The number of amides is 2. The summed E-state index contributed by atoms with van der Waals surface area (Å²) in [5, 5.41) is 2.99. The van der Waals surface area contributed by atoms with E-state index in [9.17, 15) is 14.0 Å². The van der Waals surface area contributed by atoms with Gasteiger partial charge in [0.1, 0.15) is 11.6 Å². The first-order valence-corrected chi connectivity index (χ1v) is 10.1. The molecule has 3 aromatic rings. The van der Waals surface area contributed by atoms with Crippen LogP contribution in [0, 0.1) is 5.82 Å². The molecular formula is C25H23FN2O3. The normalized spacial score (nSPS) is 13.6. The molecule has 6 heteroatoms. The molecular weight excluding hydrogens is 395 g/mol. The Morgan fingerprint density at radius 2 is 1.90 bits per heavy atom. The molecule has 5 nitrogen and oxygen atoms in total. The van der Waals surface area contributed by atoms with Crippen LogP contribution in [0.2, 0.25) is 0 Å². The number of nitrogens with one attached hydrogen (secondary N) is 1. The summed E-state index contributed by atoms with van der Waals surface area (Å²) in [6.45, 7) is 2.21. The molecule has 0 aliphatic carbocycles. The molecule has 1 N–H and O–H groups in total. The molecule has 0 spiro atoms. The maximum atomic E-state index is 13.5. The van der Waals surface area contributed by atoms with Gasteiger partial charge in [0, 0.05) is 11.3 Å². The third kappa shape index (κ3) is 4.43. The first-order valence-electron chi connectivity index (χ1n) is 10.1. The van der Waals surface area contributed by atoms with Crippen LogP contribution >= 0.6 is 0 Å². The van der Waals surface area contributed by atoms with Crippen LogP contribution in [0.1, 0.15) is 40.0 Å². The highest BCUT2D eigenvalue weighted by molar-refractivity contribution is 6.03. The molecule has 1 atom stereocenters. The Labute approximate surface area is 180 Å². The first-order chi connectivity index (χ1) is 14.9. The van der Waals surface area contributed by atoms with E-state index in [2.05, 4.69) is 5.32 Å². The number of halogens is 1. The Kier molecular flexibility index (Phi) is 5.71. The molecule has 4 rings (SSSR count).